The molecule has 3 nitrogen and oxygen atoms in total. The zero-order valence-electron chi connectivity index (χ0n) is 9.45. The summed E-state index contributed by atoms with van der Waals surface area (Å²) >= 11 is 4.78. The van der Waals surface area contributed by atoms with Crippen LogP contribution in [0.3, 0.4) is 0 Å². The van der Waals surface area contributed by atoms with Crippen molar-refractivity contribution in [2.24, 2.45) is 0 Å². The molecule has 5 heteroatoms. The monoisotopic (exact) mass is 310 g/mol. The molecule has 0 fully saturated rings. The van der Waals surface area contributed by atoms with Crippen LogP contribution in [0.1, 0.15) is 20.9 Å². The van der Waals surface area contributed by atoms with Gasteiger partial charge in [-0.15, -0.1) is 11.3 Å². The normalized spacial score (nSPS) is 10.3. The fourth-order valence-electron chi connectivity index (χ4n) is 1.42. The predicted molar refractivity (Wildman–Crippen MR) is 73.7 cm³/mol. The Hall–Kier alpha value is -1.20. The topological polar surface area (TPSA) is 42.0 Å². The molecule has 1 aromatic heterocycles. The summed E-state index contributed by atoms with van der Waals surface area (Å²) < 4.78 is 0.882. The Balaban J connectivity index is 2.22. The molecule has 17 heavy (non-hydrogen) atoms. The van der Waals surface area contributed by atoms with E-state index in [2.05, 4.69) is 26.2 Å². The molecule has 1 amide bonds. The van der Waals surface area contributed by atoms with Gasteiger partial charge in [-0.1, -0.05) is 6.07 Å². The quantitative estimate of drug-likeness (QED) is 0.917. The maximum Gasteiger partial charge on any atom is 0.267 e. The van der Waals surface area contributed by atoms with Crippen LogP contribution in [-0.2, 0) is 0 Å². The number of halogens is 1. The zero-order valence-corrected chi connectivity index (χ0v) is 11.9. The van der Waals surface area contributed by atoms with Gasteiger partial charge in [0.15, 0.2) is 0 Å². The molecule has 0 atom stereocenters. The third-order valence-corrected chi connectivity index (χ3v) is 3.91. The minimum Gasteiger partial charge on any atom is -0.320 e. The van der Waals surface area contributed by atoms with Crippen LogP contribution in [0.5, 0.6) is 0 Å². The number of benzene rings is 1. The van der Waals surface area contributed by atoms with Gasteiger partial charge in [0.05, 0.1) is 16.9 Å². The first kappa shape index (κ1) is 12.3. The summed E-state index contributed by atoms with van der Waals surface area (Å²) in [5.41, 5.74) is 4.35. The Kier molecular flexibility index (Phi) is 3.59. The molecule has 0 radical (unpaired) electrons. The Morgan fingerprint density at radius 2 is 2.18 bits per heavy atom. The minimum atomic E-state index is -0.116. The van der Waals surface area contributed by atoms with Gasteiger partial charge in [-0.2, -0.15) is 0 Å². The second kappa shape index (κ2) is 4.98. The SMILES string of the molecule is Cc1ccc(NC(=O)c2scnc2C)c(Br)c1. The molecule has 1 N–H and O–H groups in total. The van der Waals surface area contributed by atoms with Crippen molar-refractivity contribution in [3.63, 3.8) is 0 Å². The summed E-state index contributed by atoms with van der Waals surface area (Å²) in [5, 5.41) is 2.87. The largest absolute Gasteiger partial charge is 0.320 e. The van der Waals surface area contributed by atoms with Crippen LogP contribution in [0, 0.1) is 13.8 Å². The van der Waals surface area contributed by atoms with Crippen molar-refractivity contribution in [1.82, 2.24) is 4.98 Å². The molecule has 0 aliphatic rings. The van der Waals surface area contributed by atoms with Gasteiger partial charge in [0, 0.05) is 4.47 Å². The lowest BCUT2D eigenvalue weighted by molar-refractivity contribution is 0.102. The summed E-state index contributed by atoms with van der Waals surface area (Å²) in [5.74, 6) is -0.116. The van der Waals surface area contributed by atoms with Crippen LogP contribution in [0.2, 0.25) is 0 Å². The summed E-state index contributed by atoms with van der Waals surface area (Å²) in [7, 11) is 0. The van der Waals surface area contributed by atoms with Gasteiger partial charge in [0.2, 0.25) is 0 Å². The van der Waals surface area contributed by atoms with Crippen molar-refractivity contribution in [2.45, 2.75) is 13.8 Å². The van der Waals surface area contributed by atoms with E-state index in [1.54, 1.807) is 5.51 Å². The average Bonchev–Trinajstić information content (AvgIpc) is 2.68. The van der Waals surface area contributed by atoms with Crippen molar-refractivity contribution in [3.05, 3.63) is 44.3 Å². The number of thiazole rings is 1. The summed E-state index contributed by atoms with van der Waals surface area (Å²) in [6, 6.07) is 5.81. The molecule has 1 aromatic carbocycles. The third kappa shape index (κ3) is 2.73. The van der Waals surface area contributed by atoms with Gasteiger partial charge in [-0.05, 0) is 47.5 Å². The summed E-state index contributed by atoms with van der Waals surface area (Å²) in [6.45, 7) is 3.83. The van der Waals surface area contributed by atoms with Crippen LogP contribution >= 0.6 is 27.3 Å². The number of nitrogens with one attached hydrogen (secondary N) is 1. The van der Waals surface area contributed by atoms with Crippen LogP contribution < -0.4 is 5.32 Å². The van der Waals surface area contributed by atoms with Gasteiger partial charge in [-0.25, -0.2) is 4.98 Å². The Morgan fingerprint density at radius 1 is 1.41 bits per heavy atom. The number of aromatic nitrogens is 1. The fraction of sp³-hybridized carbons (Fsp3) is 0.167. The number of carbonyl (C=O) groups excluding carboxylic acids is 1. The maximum atomic E-state index is 12.0. The lowest BCUT2D eigenvalue weighted by atomic mass is 10.2. The predicted octanol–water partition coefficient (Wildman–Crippen LogP) is 3.77. The first-order valence-electron chi connectivity index (χ1n) is 5.05. The number of carbonyl (C=O) groups is 1. The van der Waals surface area contributed by atoms with Crippen LogP contribution in [-0.4, -0.2) is 10.9 Å². The van der Waals surface area contributed by atoms with Gasteiger partial charge in [-0.3, -0.25) is 4.79 Å². The Morgan fingerprint density at radius 3 is 2.76 bits per heavy atom. The van der Waals surface area contributed by atoms with E-state index in [0.29, 0.717) is 4.88 Å². The molecule has 2 aromatic rings. The number of nitrogens with zero attached hydrogens (tertiary/aromatic N) is 1. The molecule has 0 bridgehead atoms. The molecule has 0 spiro atoms. The van der Waals surface area contributed by atoms with E-state index in [4.69, 9.17) is 0 Å². The molecule has 2 rings (SSSR count). The van der Waals surface area contributed by atoms with Crippen molar-refractivity contribution < 1.29 is 4.79 Å². The van der Waals surface area contributed by atoms with E-state index < -0.39 is 0 Å². The van der Waals surface area contributed by atoms with E-state index in [9.17, 15) is 4.79 Å². The van der Waals surface area contributed by atoms with Gasteiger partial charge < -0.3 is 5.32 Å². The summed E-state index contributed by atoms with van der Waals surface area (Å²) in [6.07, 6.45) is 0. The van der Waals surface area contributed by atoms with Crippen molar-refractivity contribution in [3.8, 4) is 0 Å². The molecule has 0 unspecified atom stereocenters. The molecule has 1 heterocycles. The lowest BCUT2D eigenvalue weighted by Gasteiger charge is -2.07. The molecular weight excluding hydrogens is 300 g/mol. The lowest BCUT2D eigenvalue weighted by Crippen LogP contribution is -2.12. The molecule has 88 valence electrons. The van der Waals surface area contributed by atoms with Crippen LogP contribution in [0.4, 0.5) is 5.69 Å². The molecule has 0 aliphatic carbocycles. The second-order valence-electron chi connectivity index (χ2n) is 3.70. The van der Waals surface area contributed by atoms with Crippen molar-refractivity contribution in [1.29, 1.82) is 0 Å². The van der Waals surface area contributed by atoms with E-state index in [-0.39, 0.29) is 5.91 Å². The second-order valence-corrected chi connectivity index (χ2v) is 5.41. The first-order valence-corrected chi connectivity index (χ1v) is 6.73. The fourth-order valence-corrected chi connectivity index (χ4v) is 2.71. The van der Waals surface area contributed by atoms with E-state index in [0.717, 1.165) is 21.4 Å². The van der Waals surface area contributed by atoms with Crippen molar-refractivity contribution in [2.75, 3.05) is 5.32 Å². The number of amides is 1. The smallest absolute Gasteiger partial charge is 0.267 e. The molecule has 0 saturated heterocycles. The van der Waals surface area contributed by atoms with Gasteiger partial charge in [0.25, 0.3) is 5.91 Å². The first-order chi connectivity index (χ1) is 8.08. The highest BCUT2D eigenvalue weighted by atomic mass is 79.9. The van der Waals surface area contributed by atoms with E-state index in [1.807, 2.05) is 32.0 Å². The third-order valence-electron chi connectivity index (χ3n) is 2.32. The van der Waals surface area contributed by atoms with E-state index in [1.165, 1.54) is 11.3 Å². The van der Waals surface area contributed by atoms with Crippen molar-refractivity contribution >= 4 is 38.9 Å². The highest BCUT2D eigenvalue weighted by Crippen LogP contribution is 2.24. The molecular formula is C12H11BrN2OS. The number of hydrogen-bond acceptors (Lipinski definition) is 3. The Bertz CT molecular complexity index is 565. The standard InChI is InChI=1S/C12H11BrN2OS/c1-7-3-4-10(9(13)5-7)15-12(16)11-8(2)14-6-17-11/h3-6H,1-2H3,(H,15,16). The number of rotatable bonds is 2. The van der Waals surface area contributed by atoms with E-state index >= 15 is 0 Å². The number of anilines is 1. The number of hydrogen-bond donors (Lipinski definition) is 1. The highest BCUT2D eigenvalue weighted by molar-refractivity contribution is 9.10. The van der Waals surface area contributed by atoms with Gasteiger partial charge >= 0.3 is 0 Å². The zero-order chi connectivity index (χ0) is 12.4. The average molecular weight is 311 g/mol. The highest BCUT2D eigenvalue weighted by Gasteiger charge is 2.12. The molecule has 0 aliphatic heterocycles. The number of aryl methyl sites for hydroxylation is 2. The Labute approximate surface area is 112 Å². The molecule has 0 saturated carbocycles. The van der Waals surface area contributed by atoms with Gasteiger partial charge in [0.1, 0.15) is 4.88 Å². The maximum absolute atomic E-state index is 12.0. The van der Waals surface area contributed by atoms with Crippen LogP contribution in [0.25, 0.3) is 0 Å². The van der Waals surface area contributed by atoms with Crippen LogP contribution in [0.15, 0.2) is 28.2 Å². The summed E-state index contributed by atoms with van der Waals surface area (Å²) in [4.78, 5) is 16.7. The minimum absolute atomic E-state index is 0.116.